The van der Waals surface area contributed by atoms with Crippen molar-refractivity contribution in [2.24, 2.45) is 0 Å². The predicted molar refractivity (Wildman–Crippen MR) is 105 cm³/mol. The second-order valence-corrected chi connectivity index (χ2v) is 7.72. The lowest BCUT2D eigenvalue weighted by Gasteiger charge is -2.40. The van der Waals surface area contributed by atoms with Crippen molar-refractivity contribution in [1.29, 1.82) is 5.26 Å². The molecule has 1 aliphatic heterocycles. The molecule has 1 saturated carbocycles. The van der Waals surface area contributed by atoms with Crippen LogP contribution in [0.1, 0.15) is 44.1 Å². The molecule has 0 unspecified atom stereocenters. The fraction of sp³-hybridized carbons (Fsp3) is 0.571. The molecule has 0 spiro atoms. The highest BCUT2D eigenvalue weighted by Crippen LogP contribution is 2.30. The van der Waals surface area contributed by atoms with Gasteiger partial charge in [0.2, 0.25) is 5.88 Å². The molecule has 0 bridgehead atoms. The van der Waals surface area contributed by atoms with Crippen LogP contribution in [0.2, 0.25) is 0 Å². The Labute approximate surface area is 160 Å². The van der Waals surface area contributed by atoms with Crippen LogP contribution in [-0.4, -0.2) is 53.2 Å². The molecule has 2 aliphatic rings. The Balaban J connectivity index is 1.39. The van der Waals surface area contributed by atoms with Crippen LogP contribution >= 0.6 is 0 Å². The summed E-state index contributed by atoms with van der Waals surface area (Å²) < 4.78 is 6.25. The Bertz CT molecular complexity index is 819. The number of benzene rings is 1. The molecular formula is C21H27N5O. The molecule has 0 atom stereocenters. The number of rotatable bonds is 4. The second-order valence-electron chi connectivity index (χ2n) is 7.72. The Morgan fingerprint density at radius 3 is 2.56 bits per heavy atom. The lowest BCUT2D eigenvalue weighted by atomic mass is 9.90. The average Bonchev–Trinajstić information content (AvgIpc) is 2.74. The zero-order valence-electron chi connectivity index (χ0n) is 15.9. The first-order chi connectivity index (χ1) is 13.2. The monoisotopic (exact) mass is 365 g/mol. The lowest BCUT2D eigenvalue weighted by Crippen LogP contribution is -2.47. The van der Waals surface area contributed by atoms with Crippen LogP contribution in [-0.2, 0) is 0 Å². The van der Waals surface area contributed by atoms with Crippen LogP contribution in [0.5, 0.6) is 5.88 Å². The highest BCUT2D eigenvalue weighted by Gasteiger charge is 2.29. The minimum atomic E-state index is 0.187. The molecular weight excluding hydrogens is 338 g/mol. The van der Waals surface area contributed by atoms with Crippen LogP contribution in [0, 0.1) is 11.3 Å². The summed E-state index contributed by atoms with van der Waals surface area (Å²) in [4.78, 5) is 11.2. The van der Waals surface area contributed by atoms with E-state index in [4.69, 9.17) is 10.00 Å². The molecule has 1 aromatic heterocycles. The summed E-state index contributed by atoms with van der Waals surface area (Å²) in [5, 5.41) is 13.4. The first-order valence-electron chi connectivity index (χ1n) is 9.99. The number of ether oxygens (including phenoxy) is 1. The fourth-order valence-corrected chi connectivity index (χ4v) is 4.44. The number of piperidine rings is 1. The van der Waals surface area contributed by atoms with E-state index in [1.165, 1.54) is 12.8 Å². The van der Waals surface area contributed by atoms with Crippen molar-refractivity contribution in [3.8, 4) is 11.9 Å². The zero-order chi connectivity index (χ0) is 18.6. The molecule has 1 aliphatic carbocycles. The van der Waals surface area contributed by atoms with E-state index in [0.717, 1.165) is 49.7 Å². The molecule has 2 heterocycles. The summed E-state index contributed by atoms with van der Waals surface area (Å²) >= 11 is 0. The van der Waals surface area contributed by atoms with E-state index < -0.39 is 0 Å². The zero-order valence-corrected chi connectivity index (χ0v) is 15.9. The third-order valence-electron chi connectivity index (χ3n) is 6.11. The maximum Gasteiger partial charge on any atom is 0.224 e. The third-order valence-corrected chi connectivity index (χ3v) is 6.11. The Morgan fingerprint density at radius 2 is 1.81 bits per heavy atom. The highest BCUT2D eigenvalue weighted by atomic mass is 16.5. The van der Waals surface area contributed by atoms with Crippen LogP contribution < -0.4 is 10.1 Å². The quantitative estimate of drug-likeness (QED) is 0.898. The van der Waals surface area contributed by atoms with E-state index in [1.54, 1.807) is 12.4 Å². The largest absolute Gasteiger partial charge is 0.474 e. The molecule has 0 radical (unpaired) electrons. The van der Waals surface area contributed by atoms with E-state index in [9.17, 15) is 0 Å². The number of hydrogen-bond acceptors (Lipinski definition) is 6. The van der Waals surface area contributed by atoms with E-state index in [-0.39, 0.29) is 6.10 Å². The molecule has 142 valence electrons. The standard InChI is InChI=1S/C21H27N5O/c1-26(17-8-10-23-11-9-17)16-3-5-18(6-4-16)27-21-19-12-15(13-22)2-7-20(19)24-14-25-21/h2,7,12,14,16-18,23H,3-6,8-11H2,1H3. The van der Waals surface area contributed by atoms with E-state index in [0.29, 0.717) is 23.5 Å². The van der Waals surface area contributed by atoms with Gasteiger partial charge in [0, 0.05) is 12.1 Å². The number of nitrogens with zero attached hydrogens (tertiary/aromatic N) is 4. The Hall–Kier alpha value is -2.23. The Morgan fingerprint density at radius 1 is 1.07 bits per heavy atom. The van der Waals surface area contributed by atoms with Gasteiger partial charge in [-0.05, 0) is 76.9 Å². The number of hydrogen-bond donors (Lipinski definition) is 1. The van der Waals surface area contributed by atoms with Crippen molar-refractivity contribution in [2.75, 3.05) is 20.1 Å². The number of aromatic nitrogens is 2. The van der Waals surface area contributed by atoms with Crippen LogP contribution in [0.4, 0.5) is 0 Å². The minimum absolute atomic E-state index is 0.187. The van der Waals surface area contributed by atoms with Crippen molar-refractivity contribution in [2.45, 2.75) is 56.7 Å². The van der Waals surface area contributed by atoms with Gasteiger partial charge < -0.3 is 15.0 Å². The first-order valence-corrected chi connectivity index (χ1v) is 9.99. The number of nitriles is 1. The molecule has 2 fully saturated rings. The first kappa shape index (κ1) is 18.1. The molecule has 6 heteroatoms. The maximum absolute atomic E-state index is 9.16. The summed E-state index contributed by atoms with van der Waals surface area (Å²) in [5.41, 5.74) is 1.42. The smallest absolute Gasteiger partial charge is 0.224 e. The predicted octanol–water partition coefficient (Wildman–Crippen LogP) is 2.88. The molecule has 1 aromatic carbocycles. The normalized spacial score (nSPS) is 24.0. The molecule has 2 aromatic rings. The summed E-state index contributed by atoms with van der Waals surface area (Å²) in [5.74, 6) is 0.604. The molecule has 4 rings (SSSR count). The van der Waals surface area contributed by atoms with Crippen molar-refractivity contribution in [1.82, 2.24) is 20.2 Å². The molecule has 6 nitrogen and oxygen atoms in total. The van der Waals surface area contributed by atoms with Gasteiger partial charge in [-0.1, -0.05) is 0 Å². The molecule has 1 N–H and O–H groups in total. The maximum atomic E-state index is 9.16. The molecule has 27 heavy (non-hydrogen) atoms. The summed E-state index contributed by atoms with van der Waals surface area (Å²) in [6.45, 7) is 2.28. The van der Waals surface area contributed by atoms with Gasteiger partial charge in [0.25, 0.3) is 0 Å². The van der Waals surface area contributed by atoms with Gasteiger partial charge in [0.1, 0.15) is 12.4 Å². The van der Waals surface area contributed by atoms with E-state index in [2.05, 4.69) is 33.3 Å². The van der Waals surface area contributed by atoms with Crippen LogP contribution in [0.25, 0.3) is 10.9 Å². The van der Waals surface area contributed by atoms with Gasteiger partial charge in [-0.2, -0.15) is 5.26 Å². The second kappa shape index (κ2) is 8.20. The fourth-order valence-electron chi connectivity index (χ4n) is 4.44. The van der Waals surface area contributed by atoms with Crippen molar-refractivity contribution in [3.63, 3.8) is 0 Å². The van der Waals surface area contributed by atoms with Gasteiger partial charge >= 0.3 is 0 Å². The van der Waals surface area contributed by atoms with Crippen LogP contribution in [0.3, 0.4) is 0 Å². The minimum Gasteiger partial charge on any atom is -0.474 e. The SMILES string of the molecule is CN(C1CCNCC1)C1CCC(Oc2ncnc3ccc(C#N)cc23)CC1. The van der Waals surface area contributed by atoms with Crippen molar-refractivity contribution < 1.29 is 4.74 Å². The van der Waals surface area contributed by atoms with E-state index >= 15 is 0 Å². The average molecular weight is 365 g/mol. The number of nitrogens with one attached hydrogen (secondary N) is 1. The van der Waals surface area contributed by atoms with Gasteiger partial charge in [-0.25, -0.2) is 9.97 Å². The van der Waals surface area contributed by atoms with Crippen LogP contribution in [0.15, 0.2) is 24.5 Å². The summed E-state index contributed by atoms with van der Waals surface area (Å²) in [7, 11) is 2.29. The molecule has 0 amide bonds. The lowest BCUT2D eigenvalue weighted by molar-refractivity contribution is 0.0688. The van der Waals surface area contributed by atoms with Crippen molar-refractivity contribution >= 4 is 10.9 Å². The topological polar surface area (TPSA) is 74.1 Å². The summed E-state index contributed by atoms with van der Waals surface area (Å²) in [6, 6.07) is 9.00. The van der Waals surface area contributed by atoms with Gasteiger partial charge in [-0.3, -0.25) is 0 Å². The molecule has 1 saturated heterocycles. The number of fused-ring (bicyclic) bond motifs is 1. The Kier molecular flexibility index (Phi) is 5.51. The summed E-state index contributed by atoms with van der Waals surface area (Å²) in [6.07, 6.45) is 8.65. The highest BCUT2D eigenvalue weighted by molar-refractivity contribution is 5.84. The van der Waals surface area contributed by atoms with Gasteiger partial charge in [0.05, 0.1) is 22.5 Å². The van der Waals surface area contributed by atoms with Gasteiger partial charge in [0.15, 0.2) is 0 Å². The van der Waals surface area contributed by atoms with Crippen molar-refractivity contribution in [3.05, 3.63) is 30.1 Å². The van der Waals surface area contributed by atoms with Gasteiger partial charge in [-0.15, -0.1) is 0 Å². The third kappa shape index (κ3) is 4.05. The van der Waals surface area contributed by atoms with E-state index in [1.807, 2.05) is 12.1 Å².